The van der Waals surface area contributed by atoms with Gasteiger partial charge in [0.25, 0.3) is 0 Å². The Labute approximate surface area is 100 Å². The maximum Gasteiger partial charge on any atom is 0.157 e. The zero-order chi connectivity index (χ0) is 12.5. The molecule has 0 aliphatic carbocycles. The summed E-state index contributed by atoms with van der Waals surface area (Å²) < 4.78 is 25.3. The van der Waals surface area contributed by atoms with Crippen molar-refractivity contribution in [2.75, 3.05) is 5.75 Å². The van der Waals surface area contributed by atoms with Crippen molar-refractivity contribution >= 4 is 15.5 Å². The minimum atomic E-state index is -3.18. The van der Waals surface area contributed by atoms with Crippen LogP contribution in [0.15, 0.2) is 30.6 Å². The maximum atomic E-state index is 11.8. The van der Waals surface area contributed by atoms with E-state index in [-0.39, 0.29) is 17.5 Å². The molecule has 2 heterocycles. The van der Waals surface area contributed by atoms with Crippen LogP contribution in [0.25, 0.3) is 5.65 Å². The second-order valence-corrected chi connectivity index (χ2v) is 6.34. The molecule has 0 aromatic carbocycles. The molecule has 2 aromatic rings. The minimum absolute atomic E-state index is 0.0130. The van der Waals surface area contributed by atoms with Crippen LogP contribution < -0.4 is 5.73 Å². The molecule has 0 aliphatic heterocycles. The Kier molecular flexibility index (Phi) is 3.17. The zero-order valence-corrected chi connectivity index (χ0v) is 10.4. The Balaban J connectivity index is 2.24. The van der Waals surface area contributed by atoms with Gasteiger partial charge in [0, 0.05) is 18.4 Å². The van der Waals surface area contributed by atoms with Gasteiger partial charge in [0.1, 0.15) is 5.65 Å². The number of fused-ring (bicyclic) bond motifs is 1. The van der Waals surface area contributed by atoms with Crippen molar-refractivity contribution in [2.45, 2.75) is 18.7 Å². The highest BCUT2D eigenvalue weighted by Gasteiger charge is 2.16. The van der Waals surface area contributed by atoms with Crippen LogP contribution in [0, 0.1) is 0 Å². The minimum Gasteiger partial charge on any atom is -0.327 e. The van der Waals surface area contributed by atoms with Crippen molar-refractivity contribution in [3.05, 3.63) is 36.3 Å². The van der Waals surface area contributed by atoms with E-state index < -0.39 is 9.84 Å². The van der Waals surface area contributed by atoms with Crippen LogP contribution in [0.4, 0.5) is 0 Å². The van der Waals surface area contributed by atoms with E-state index in [9.17, 15) is 8.42 Å². The summed E-state index contributed by atoms with van der Waals surface area (Å²) in [5.41, 5.74) is 6.80. The second-order valence-electron chi connectivity index (χ2n) is 4.23. The standard InChI is InChI=1S/C11H15N3O2S/c1-9(12)7-17(15,16)8-10-6-14-5-3-2-4-11(14)13-10/h2-6,9H,7-8,12H2,1H3. The smallest absolute Gasteiger partial charge is 0.157 e. The number of sulfone groups is 1. The summed E-state index contributed by atoms with van der Waals surface area (Å²) in [7, 11) is -3.18. The third kappa shape index (κ3) is 3.04. The lowest BCUT2D eigenvalue weighted by Gasteiger charge is -2.04. The molecule has 0 radical (unpaired) electrons. The molecule has 1 atom stereocenters. The Morgan fingerprint density at radius 1 is 1.47 bits per heavy atom. The Morgan fingerprint density at radius 3 is 2.88 bits per heavy atom. The van der Waals surface area contributed by atoms with Gasteiger partial charge in [-0.15, -0.1) is 0 Å². The summed E-state index contributed by atoms with van der Waals surface area (Å²) in [6, 6.07) is 5.22. The van der Waals surface area contributed by atoms with Crippen LogP contribution in [0.1, 0.15) is 12.6 Å². The van der Waals surface area contributed by atoms with Crippen LogP contribution >= 0.6 is 0 Å². The van der Waals surface area contributed by atoms with E-state index >= 15 is 0 Å². The molecule has 2 rings (SSSR count). The van der Waals surface area contributed by atoms with E-state index in [1.54, 1.807) is 17.5 Å². The lowest BCUT2D eigenvalue weighted by Crippen LogP contribution is -2.27. The van der Waals surface area contributed by atoms with Crippen molar-refractivity contribution in [1.82, 2.24) is 9.38 Å². The van der Waals surface area contributed by atoms with Crippen molar-refractivity contribution in [3.63, 3.8) is 0 Å². The van der Waals surface area contributed by atoms with Gasteiger partial charge in [-0.2, -0.15) is 0 Å². The van der Waals surface area contributed by atoms with Crippen molar-refractivity contribution < 1.29 is 8.42 Å². The highest BCUT2D eigenvalue weighted by atomic mass is 32.2. The van der Waals surface area contributed by atoms with Crippen LogP contribution in [-0.4, -0.2) is 29.6 Å². The number of imidazole rings is 1. The van der Waals surface area contributed by atoms with E-state index in [1.165, 1.54) is 0 Å². The molecule has 2 N–H and O–H groups in total. The van der Waals surface area contributed by atoms with Gasteiger partial charge < -0.3 is 10.1 Å². The third-order valence-electron chi connectivity index (χ3n) is 2.30. The maximum absolute atomic E-state index is 11.8. The van der Waals surface area contributed by atoms with Gasteiger partial charge in [-0.05, 0) is 19.1 Å². The molecule has 0 saturated heterocycles. The second kappa shape index (κ2) is 4.46. The predicted octanol–water partition coefficient (Wildman–Crippen LogP) is 0.596. The number of nitrogens with zero attached hydrogens (tertiary/aromatic N) is 2. The van der Waals surface area contributed by atoms with Gasteiger partial charge in [0.05, 0.1) is 17.2 Å². The van der Waals surface area contributed by atoms with Gasteiger partial charge in [-0.3, -0.25) is 0 Å². The molecule has 0 bridgehead atoms. The average Bonchev–Trinajstić information content (AvgIpc) is 2.55. The van der Waals surface area contributed by atoms with Gasteiger partial charge in [0.15, 0.2) is 9.84 Å². The normalized spacial score (nSPS) is 14.0. The highest BCUT2D eigenvalue weighted by Crippen LogP contribution is 2.09. The number of aromatic nitrogens is 2. The first kappa shape index (κ1) is 12.1. The van der Waals surface area contributed by atoms with Crippen LogP contribution in [0.2, 0.25) is 0 Å². The summed E-state index contributed by atoms with van der Waals surface area (Å²) >= 11 is 0. The summed E-state index contributed by atoms with van der Waals surface area (Å²) in [6.45, 7) is 1.68. The third-order valence-corrected chi connectivity index (χ3v) is 4.07. The Hall–Kier alpha value is -1.40. The molecule has 0 fully saturated rings. The van der Waals surface area contributed by atoms with E-state index in [0.717, 1.165) is 5.65 Å². The summed E-state index contributed by atoms with van der Waals surface area (Å²) in [4.78, 5) is 4.25. The van der Waals surface area contributed by atoms with Gasteiger partial charge in [0.2, 0.25) is 0 Å². The molecule has 6 heteroatoms. The molecule has 0 saturated carbocycles. The van der Waals surface area contributed by atoms with E-state index in [4.69, 9.17) is 5.73 Å². The molecular formula is C11H15N3O2S. The quantitative estimate of drug-likeness (QED) is 0.865. The van der Waals surface area contributed by atoms with Crippen LogP contribution in [0.5, 0.6) is 0 Å². The summed E-state index contributed by atoms with van der Waals surface area (Å²) in [5, 5.41) is 0. The highest BCUT2D eigenvalue weighted by molar-refractivity contribution is 7.90. The van der Waals surface area contributed by atoms with Gasteiger partial charge in [-0.25, -0.2) is 13.4 Å². The number of hydrogen-bond donors (Lipinski definition) is 1. The Bertz CT molecular complexity index is 583. The summed E-state index contributed by atoms with van der Waals surface area (Å²) in [5.74, 6) is -0.0723. The fourth-order valence-corrected chi connectivity index (χ4v) is 3.25. The van der Waals surface area contributed by atoms with E-state index in [2.05, 4.69) is 4.98 Å². The number of nitrogens with two attached hydrogens (primary N) is 1. The topological polar surface area (TPSA) is 77.5 Å². The lowest BCUT2D eigenvalue weighted by molar-refractivity contribution is 0.589. The number of hydrogen-bond acceptors (Lipinski definition) is 4. The van der Waals surface area contributed by atoms with E-state index in [1.807, 2.05) is 24.4 Å². The molecule has 5 nitrogen and oxygen atoms in total. The molecule has 0 amide bonds. The van der Waals surface area contributed by atoms with Crippen LogP contribution in [0.3, 0.4) is 0 Å². The first-order valence-corrected chi connectivity index (χ1v) is 7.17. The number of pyridine rings is 1. The Morgan fingerprint density at radius 2 is 2.24 bits per heavy atom. The number of rotatable bonds is 4. The van der Waals surface area contributed by atoms with Crippen LogP contribution in [-0.2, 0) is 15.6 Å². The first-order valence-electron chi connectivity index (χ1n) is 5.35. The fourth-order valence-electron chi connectivity index (χ4n) is 1.74. The molecule has 2 aromatic heterocycles. The van der Waals surface area contributed by atoms with Gasteiger partial charge in [-0.1, -0.05) is 6.07 Å². The zero-order valence-electron chi connectivity index (χ0n) is 9.57. The molecule has 0 aliphatic rings. The molecule has 0 spiro atoms. The summed E-state index contributed by atoms with van der Waals surface area (Å²) in [6.07, 6.45) is 3.57. The average molecular weight is 253 g/mol. The van der Waals surface area contributed by atoms with Gasteiger partial charge >= 0.3 is 0 Å². The SMILES string of the molecule is CC(N)CS(=O)(=O)Cc1cn2ccccc2n1. The fraction of sp³-hybridized carbons (Fsp3) is 0.364. The first-order chi connectivity index (χ1) is 7.96. The monoisotopic (exact) mass is 253 g/mol. The lowest BCUT2D eigenvalue weighted by atomic mass is 10.4. The molecule has 17 heavy (non-hydrogen) atoms. The molecular weight excluding hydrogens is 238 g/mol. The predicted molar refractivity (Wildman–Crippen MR) is 66.3 cm³/mol. The van der Waals surface area contributed by atoms with Crippen molar-refractivity contribution in [1.29, 1.82) is 0 Å². The van der Waals surface area contributed by atoms with E-state index in [0.29, 0.717) is 5.69 Å². The largest absolute Gasteiger partial charge is 0.327 e. The molecule has 1 unspecified atom stereocenters. The molecule has 92 valence electrons. The van der Waals surface area contributed by atoms with Crippen molar-refractivity contribution in [3.8, 4) is 0 Å². The van der Waals surface area contributed by atoms with Crippen molar-refractivity contribution in [2.24, 2.45) is 5.73 Å².